The van der Waals surface area contributed by atoms with Crippen LogP contribution in [0.2, 0.25) is 0 Å². The average Bonchev–Trinajstić information content (AvgIpc) is 2.34. The molecule has 0 aliphatic carbocycles. The van der Waals surface area contributed by atoms with Gasteiger partial charge in [0.25, 0.3) is 0 Å². The van der Waals surface area contributed by atoms with E-state index in [0.29, 0.717) is 19.5 Å². The maximum atomic E-state index is 11.6. The largest absolute Gasteiger partial charge is 0.356 e. The molecule has 0 saturated carbocycles. The molecule has 0 aliphatic heterocycles. The second-order valence-electron chi connectivity index (χ2n) is 4.30. The van der Waals surface area contributed by atoms with Crippen molar-refractivity contribution in [3.63, 3.8) is 0 Å². The van der Waals surface area contributed by atoms with E-state index in [2.05, 4.69) is 10.6 Å². The smallest absolute Gasteiger partial charge is 0.237 e. The second kappa shape index (κ2) is 8.98. The summed E-state index contributed by atoms with van der Waals surface area (Å²) in [4.78, 5) is 22.8. The maximum absolute atomic E-state index is 11.6. The lowest BCUT2D eigenvalue weighted by molar-refractivity contribution is -0.124. The van der Waals surface area contributed by atoms with Crippen molar-refractivity contribution in [2.24, 2.45) is 11.7 Å². The van der Waals surface area contributed by atoms with Gasteiger partial charge in [0.15, 0.2) is 0 Å². The fraction of sp³-hybridized carbons (Fsp3) is 0.833. The van der Waals surface area contributed by atoms with E-state index in [0.717, 1.165) is 12.8 Å². The van der Waals surface area contributed by atoms with Gasteiger partial charge in [0.1, 0.15) is 0 Å². The van der Waals surface area contributed by atoms with E-state index >= 15 is 0 Å². The number of rotatable bonds is 8. The third-order valence-corrected chi connectivity index (χ3v) is 2.78. The molecule has 0 bridgehead atoms. The Bertz CT molecular complexity index is 244. The predicted octanol–water partition coefficient (Wildman–Crippen LogP) is 0.392. The fourth-order valence-corrected chi connectivity index (χ4v) is 1.28. The first-order valence-electron chi connectivity index (χ1n) is 6.32. The predicted molar refractivity (Wildman–Crippen MR) is 68.4 cm³/mol. The molecule has 0 rings (SSSR count). The highest BCUT2D eigenvalue weighted by atomic mass is 16.2. The zero-order valence-corrected chi connectivity index (χ0v) is 11.1. The van der Waals surface area contributed by atoms with Crippen LogP contribution in [0, 0.1) is 5.92 Å². The van der Waals surface area contributed by atoms with Crippen LogP contribution in [-0.2, 0) is 9.59 Å². The van der Waals surface area contributed by atoms with Gasteiger partial charge in [-0.15, -0.1) is 0 Å². The number of nitrogens with two attached hydrogens (primary N) is 1. The Hall–Kier alpha value is -1.10. The van der Waals surface area contributed by atoms with Gasteiger partial charge in [-0.3, -0.25) is 9.59 Å². The van der Waals surface area contributed by atoms with Gasteiger partial charge in [-0.05, 0) is 12.3 Å². The Balaban J connectivity index is 3.74. The molecule has 4 N–H and O–H groups in total. The van der Waals surface area contributed by atoms with Crippen LogP contribution in [0.25, 0.3) is 0 Å². The third-order valence-electron chi connectivity index (χ3n) is 2.78. The molecule has 17 heavy (non-hydrogen) atoms. The van der Waals surface area contributed by atoms with Crippen molar-refractivity contribution in [2.75, 3.05) is 13.1 Å². The quantitative estimate of drug-likeness (QED) is 0.576. The Kier molecular flexibility index (Phi) is 8.40. The summed E-state index contributed by atoms with van der Waals surface area (Å²) in [7, 11) is 0. The van der Waals surface area contributed by atoms with Crippen LogP contribution in [0.1, 0.15) is 40.0 Å². The van der Waals surface area contributed by atoms with E-state index in [9.17, 15) is 9.59 Å². The minimum Gasteiger partial charge on any atom is -0.356 e. The molecule has 0 radical (unpaired) electrons. The molecule has 0 spiro atoms. The van der Waals surface area contributed by atoms with E-state index in [1.54, 1.807) is 0 Å². The van der Waals surface area contributed by atoms with Crippen molar-refractivity contribution in [3.8, 4) is 0 Å². The summed E-state index contributed by atoms with van der Waals surface area (Å²) in [6.45, 7) is 6.96. The number of amides is 2. The first-order chi connectivity index (χ1) is 8.02. The summed E-state index contributed by atoms with van der Waals surface area (Å²) in [6, 6.07) is -0.487. The van der Waals surface area contributed by atoms with Gasteiger partial charge in [0.2, 0.25) is 11.8 Å². The van der Waals surface area contributed by atoms with Crippen molar-refractivity contribution in [2.45, 2.75) is 46.1 Å². The van der Waals surface area contributed by atoms with E-state index in [-0.39, 0.29) is 17.7 Å². The van der Waals surface area contributed by atoms with Crippen LogP contribution in [0.3, 0.4) is 0 Å². The molecule has 0 aromatic carbocycles. The van der Waals surface area contributed by atoms with Gasteiger partial charge in [-0.25, -0.2) is 0 Å². The molecule has 0 heterocycles. The fourth-order valence-electron chi connectivity index (χ4n) is 1.28. The van der Waals surface area contributed by atoms with Crippen molar-refractivity contribution in [1.82, 2.24) is 10.6 Å². The number of carbonyl (C=O) groups excluding carboxylic acids is 2. The second-order valence-corrected chi connectivity index (χ2v) is 4.30. The van der Waals surface area contributed by atoms with Gasteiger partial charge in [0, 0.05) is 19.5 Å². The highest BCUT2D eigenvalue weighted by molar-refractivity contribution is 5.82. The summed E-state index contributed by atoms with van der Waals surface area (Å²) in [6.07, 6.45) is 2.08. The Morgan fingerprint density at radius 1 is 1.18 bits per heavy atom. The summed E-state index contributed by atoms with van der Waals surface area (Å²) < 4.78 is 0. The molecule has 0 saturated heterocycles. The molecule has 0 fully saturated rings. The average molecular weight is 243 g/mol. The number of hydrogen-bond donors (Lipinski definition) is 3. The van der Waals surface area contributed by atoms with Crippen LogP contribution in [0.15, 0.2) is 0 Å². The maximum Gasteiger partial charge on any atom is 0.237 e. The molecule has 2 amide bonds. The monoisotopic (exact) mass is 243 g/mol. The summed E-state index contributed by atoms with van der Waals surface area (Å²) in [5.74, 6) is -0.0594. The Labute approximate surface area is 104 Å². The SMILES string of the molecule is CCCNC(=O)CCNC(=O)C(N)C(C)CC. The first-order valence-corrected chi connectivity index (χ1v) is 6.32. The van der Waals surface area contributed by atoms with Crippen molar-refractivity contribution >= 4 is 11.8 Å². The molecule has 2 unspecified atom stereocenters. The minimum atomic E-state index is -0.487. The van der Waals surface area contributed by atoms with Gasteiger partial charge in [-0.1, -0.05) is 27.2 Å². The molecule has 0 aromatic rings. The first kappa shape index (κ1) is 15.9. The highest BCUT2D eigenvalue weighted by Crippen LogP contribution is 2.04. The van der Waals surface area contributed by atoms with E-state index < -0.39 is 6.04 Å². The number of hydrogen-bond acceptors (Lipinski definition) is 3. The molecule has 5 heteroatoms. The number of carbonyl (C=O) groups is 2. The van der Waals surface area contributed by atoms with Crippen molar-refractivity contribution in [3.05, 3.63) is 0 Å². The van der Waals surface area contributed by atoms with Gasteiger partial charge in [0.05, 0.1) is 6.04 Å². The third kappa shape index (κ3) is 6.94. The van der Waals surface area contributed by atoms with Crippen LogP contribution >= 0.6 is 0 Å². The highest BCUT2D eigenvalue weighted by Gasteiger charge is 2.18. The van der Waals surface area contributed by atoms with Gasteiger partial charge in [-0.2, -0.15) is 0 Å². The molecule has 0 aliphatic rings. The van der Waals surface area contributed by atoms with Crippen LogP contribution in [0.4, 0.5) is 0 Å². The van der Waals surface area contributed by atoms with Gasteiger partial charge >= 0.3 is 0 Å². The normalized spacial score (nSPS) is 13.9. The lowest BCUT2D eigenvalue weighted by atomic mass is 9.99. The Morgan fingerprint density at radius 2 is 1.82 bits per heavy atom. The van der Waals surface area contributed by atoms with Crippen LogP contribution in [0.5, 0.6) is 0 Å². The topological polar surface area (TPSA) is 84.2 Å². The lowest BCUT2D eigenvalue weighted by Gasteiger charge is -2.17. The van der Waals surface area contributed by atoms with E-state index in [1.165, 1.54) is 0 Å². The molecular weight excluding hydrogens is 218 g/mol. The lowest BCUT2D eigenvalue weighted by Crippen LogP contribution is -2.45. The zero-order valence-electron chi connectivity index (χ0n) is 11.1. The molecular formula is C12H25N3O2. The van der Waals surface area contributed by atoms with Crippen LogP contribution < -0.4 is 16.4 Å². The summed E-state index contributed by atoms with van der Waals surface area (Å²) >= 11 is 0. The Morgan fingerprint density at radius 3 is 2.35 bits per heavy atom. The zero-order chi connectivity index (χ0) is 13.3. The van der Waals surface area contributed by atoms with Crippen molar-refractivity contribution < 1.29 is 9.59 Å². The van der Waals surface area contributed by atoms with Crippen molar-refractivity contribution in [1.29, 1.82) is 0 Å². The standard InChI is InChI=1S/C12H25N3O2/c1-4-7-14-10(16)6-8-15-12(17)11(13)9(3)5-2/h9,11H,4-8,13H2,1-3H3,(H,14,16)(H,15,17). The summed E-state index contributed by atoms with van der Waals surface area (Å²) in [5, 5.41) is 5.43. The van der Waals surface area contributed by atoms with Crippen LogP contribution in [-0.4, -0.2) is 30.9 Å². The van der Waals surface area contributed by atoms with E-state index in [4.69, 9.17) is 5.73 Å². The minimum absolute atomic E-state index is 0.0377. The summed E-state index contributed by atoms with van der Waals surface area (Å²) in [5.41, 5.74) is 5.76. The van der Waals surface area contributed by atoms with Gasteiger partial charge < -0.3 is 16.4 Å². The van der Waals surface area contributed by atoms with E-state index in [1.807, 2.05) is 20.8 Å². The molecule has 2 atom stereocenters. The molecule has 5 nitrogen and oxygen atoms in total. The molecule has 0 aromatic heterocycles. The molecule has 100 valence electrons. The number of nitrogens with one attached hydrogen (secondary N) is 2.